The number of carbonyl (C=O) groups is 2. The van der Waals surface area contributed by atoms with Gasteiger partial charge in [-0.25, -0.2) is 13.6 Å². The van der Waals surface area contributed by atoms with Crippen LogP contribution in [0.25, 0.3) is 0 Å². The third-order valence-corrected chi connectivity index (χ3v) is 7.43. The summed E-state index contributed by atoms with van der Waals surface area (Å²) in [6, 6.07) is 3.84. The van der Waals surface area contributed by atoms with Crippen molar-refractivity contribution in [2.75, 3.05) is 33.3 Å². The molecule has 3 amide bonds. The highest BCUT2D eigenvalue weighted by Gasteiger charge is 2.34. The molecule has 37 heavy (non-hydrogen) atoms. The van der Waals surface area contributed by atoms with E-state index in [9.17, 15) is 18.4 Å². The van der Waals surface area contributed by atoms with Crippen LogP contribution >= 0.6 is 0 Å². The number of piperidine rings is 1. The highest BCUT2D eigenvalue weighted by Crippen LogP contribution is 2.35. The van der Waals surface area contributed by atoms with Crippen molar-refractivity contribution in [1.82, 2.24) is 20.9 Å². The van der Waals surface area contributed by atoms with Gasteiger partial charge in [0.05, 0.1) is 6.10 Å². The maximum Gasteiger partial charge on any atom is 0.317 e. The first-order chi connectivity index (χ1) is 17.8. The quantitative estimate of drug-likeness (QED) is 0.399. The molecule has 0 spiro atoms. The molecule has 1 saturated heterocycles. The van der Waals surface area contributed by atoms with Gasteiger partial charge in [-0.3, -0.25) is 4.79 Å². The Hall–Kier alpha value is -2.26. The van der Waals surface area contributed by atoms with Gasteiger partial charge in [-0.1, -0.05) is 44.2 Å². The summed E-state index contributed by atoms with van der Waals surface area (Å²) in [4.78, 5) is 27.3. The molecule has 0 bridgehead atoms. The monoisotopic (exact) mass is 522 g/mol. The van der Waals surface area contributed by atoms with Gasteiger partial charge in [0, 0.05) is 43.2 Å². The summed E-state index contributed by atoms with van der Waals surface area (Å²) in [5.74, 6) is -1.89. The van der Waals surface area contributed by atoms with E-state index in [-0.39, 0.29) is 42.1 Å². The molecule has 0 aromatic heterocycles. The van der Waals surface area contributed by atoms with Crippen molar-refractivity contribution in [3.05, 3.63) is 35.4 Å². The van der Waals surface area contributed by atoms with E-state index < -0.39 is 17.7 Å². The van der Waals surface area contributed by atoms with Crippen LogP contribution in [-0.2, 0) is 9.53 Å². The van der Waals surface area contributed by atoms with Gasteiger partial charge in [-0.15, -0.1) is 0 Å². The van der Waals surface area contributed by atoms with E-state index >= 15 is 0 Å². The lowest BCUT2D eigenvalue weighted by molar-refractivity contribution is -0.130. The van der Waals surface area contributed by atoms with Crippen LogP contribution in [0.3, 0.4) is 0 Å². The molecule has 3 atom stereocenters. The number of carbonyl (C=O) groups excluding carboxylic acids is 2. The fraction of sp³-hybridized carbons (Fsp3) is 0.714. The minimum absolute atomic E-state index is 0.0356. The predicted octanol–water partition coefficient (Wildman–Crippen LogP) is 4.53. The summed E-state index contributed by atoms with van der Waals surface area (Å²) in [7, 11) is 1.89. The van der Waals surface area contributed by atoms with Crippen LogP contribution in [0.2, 0.25) is 0 Å². The first-order valence-corrected chi connectivity index (χ1v) is 13.8. The molecule has 2 aliphatic rings. The molecule has 1 aromatic rings. The summed E-state index contributed by atoms with van der Waals surface area (Å²) in [6.45, 7) is 5.04. The van der Waals surface area contributed by atoms with Crippen molar-refractivity contribution in [3.63, 3.8) is 0 Å². The molecule has 208 valence electrons. The Kier molecular flexibility index (Phi) is 11.6. The molecule has 1 saturated carbocycles. The number of likely N-dealkylation sites (tertiary alicyclic amines) is 1. The van der Waals surface area contributed by atoms with Crippen molar-refractivity contribution >= 4 is 11.9 Å². The Morgan fingerprint density at radius 1 is 1.08 bits per heavy atom. The van der Waals surface area contributed by atoms with Gasteiger partial charge in [-0.05, 0) is 52.1 Å². The molecule has 0 radical (unpaired) electrons. The second kappa shape index (κ2) is 14.6. The summed E-state index contributed by atoms with van der Waals surface area (Å²) in [5.41, 5.74) is 0.0787. The van der Waals surface area contributed by atoms with E-state index in [4.69, 9.17) is 4.74 Å². The van der Waals surface area contributed by atoms with Gasteiger partial charge < -0.3 is 25.6 Å². The molecule has 1 aromatic carbocycles. The maximum atomic E-state index is 14.8. The number of benzene rings is 1. The number of nitrogens with zero attached hydrogens (tertiary/aromatic N) is 1. The van der Waals surface area contributed by atoms with Crippen molar-refractivity contribution in [1.29, 1.82) is 0 Å². The van der Waals surface area contributed by atoms with Crippen LogP contribution in [0.4, 0.5) is 13.6 Å². The maximum absolute atomic E-state index is 14.8. The zero-order valence-electron chi connectivity index (χ0n) is 22.5. The number of hydrogen-bond acceptors (Lipinski definition) is 4. The van der Waals surface area contributed by atoms with E-state index in [1.54, 1.807) is 4.90 Å². The summed E-state index contributed by atoms with van der Waals surface area (Å²) >= 11 is 0. The van der Waals surface area contributed by atoms with Gasteiger partial charge in [0.25, 0.3) is 0 Å². The lowest BCUT2D eigenvalue weighted by atomic mass is 9.85. The molecule has 1 aliphatic heterocycles. The lowest BCUT2D eigenvalue weighted by Crippen LogP contribution is -2.52. The Morgan fingerprint density at radius 2 is 1.84 bits per heavy atom. The third kappa shape index (κ3) is 8.92. The molecule has 3 rings (SSSR count). The van der Waals surface area contributed by atoms with Crippen LogP contribution in [-0.4, -0.2) is 62.2 Å². The van der Waals surface area contributed by atoms with Crippen molar-refractivity contribution in [3.8, 4) is 0 Å². The number of hydrogen-bond donors (Lipinski definition) is 3. The van der Waals surface area contributed by atoms with Crippen molar-refractivity contribution in [2.24, 2.45) is 11.8 Å². The zero-order chi connectivity index (χ0) is 26.8. The average molecular weight is 523 g/mol. The van der Waals surface area contributed by atoms with Crippen LogP contribution in [0.15, 0.2) is 18.2 Å². The Morgan fingerprint density at radius 3 is 2.54 bits per heavy atom. The molecule has 1 heterocycles. The SMILES string of the molecule is CNC[C@@H](CC1CCCCC1)NC(=O)N1CCC[C@H]([C@@H](OCC(=O)NC(C)C)c2cccc(F)c2F)C1. The van der Waals surface area contributed by atoms with Crippen molar-refractivity contribution < 1.29 is 23.1 Å². The van der Waals surface area contributed by atoms with E-state index in [2.05, 4.69) is 16.0 Å². The Labute approximate surface area is 220 Å². The molecule has 7 nitrogen and oxygen atoms in total. The van der Waals surface area contributed by atoms with Gasteiger partial charge in [-0.2, -0.15) is 0 Å². The Bertz CT molecular complexity index is 879. The molecular formula is C28H44F2N4O3. The zero-order valence-corrected chi connectivity index (χ0v) is 22.5. The number of urea groups is 1. The number of nitrogens with one attached hydrogen (secondary N) is 3. The van der Waals surface area contributed by atoms with Crippen molar-refractivity contribution in [2.45, 2.75) is 83.4 Å². The number of likely N-dealkylation sites (N-methyl/N-ethyl adjacent to an activating group) is 1. The molecule has 1 aliphatic carbocycles. The fourth-order valence-corrected chi connectivity index (χ4v) is 5.72. The molecule has 9 heteroatoms. The third-order valence-electron chi connectivity index (χ3n) is 7.43. The topological polar surface area (TPSA) is 82.7 Å². The number of ether oxygens (including phenoxy) is 1. The predicted molar refractivity (Wildman–Crippen MR) is 140 cm³/mol. The fourth-order valence-electron chi connectivity index (χ4n) is 5.72. The van der Waals surface area contributed by atoms with Gasteiger partial charge in [0.2, 0.25) is 5.91 Å². The summed E-state index contributed by atoms with van der Waals surface area (Å²) in [6.07, 6.45) is 7.73. The number of rotatable bonds is 11. The second-order valence-corrected chi connectivity index (χ2v) is 10.9. The van der Waals surface area contributed by atoms with E-state index in [0.717, 1.165) is 12.5 Å². The largest absolute Gasteiger partial charge is 0.363 e. The van der Waals surface area contributed by atoms with E-state index in [0.29, 0.717) is 38.4 Å². The Balaban J connectivity index is 1.69. The highest BCUT2D eigenvalue weighted by molar-refractivity contribution is 5.77. The van der Waals surface area contributed by atoms with Crippen LogP contribution in [0.1, 0.15) is 76.9 Å². The highest BCUT2D eigenvalue weighted by atomic mass is 19.2. The van der Waals surface area contributed by atoms with Gasteiger partial charge in [0.15, 0.2) is 11.6 Å². The number of amides is 3. The van der Waals surface area contributed by atoms with E-state index in [1.807, 2.05) is 20.9 Å². The lowest BCUT2D eigenvalue weighted by Gasteiger charge is -2.38. The van der Waals surface area contributed by atoms with Gasteiger partial charge >= 0.3 is 6.03 Å². The standard InChI is InChI=1S/C28H44F2N4O3/c1-19(2)32-25(35)18-37-27(23-12-7-13-24(29)26(23)30)21-11-8-14-34(17-21)28(36)33-22(16-31-3)15-20-9-5-4-6-10-20/h7,12-13,19-22,27,31H,4-6,8-11,14-18H2,1-3H3,(H,32,35)(H,33,36)/t21-,22+,27+/m0/s1. The molecule has 0 unspecified atom stereocenters. The first-order valence-electron chi connectivity index (χ1n) is 13.8. The molecular weight excluding hydrogens is 478 g/mol. The van der Waals surface area contributed by atoms with E-state index in [1.165, 1.54) is 44.2 Å². The van der Waals surface area contributed by atoms with Gasteiger partial charge in [0.1, 0.15) is 6.61 Å². The number of halogens is 2. The molecule has 3 N–H and O–H groups in total. The smallest absolute Gasteiger partial charge is 0.317 e. The summed E-state index contributed by atoms with van der Waals surface area (Å²) < 4.78 is 34.8. The van der Waals surface area contributed by atoms with Crippen LogP contribution < -0.4 is 16.0 Å². The second-order valence-electron chi connectivity index (χ2n) is 10.9. The summed E-state index contributed by atoms with van der Waals surface area (Å²) in [5, 5.41) is 9.17. The normalized spacial score (nSPS) is 20.5. The van der Waals surface area contributed by atoms with Crippen LogP contribution in [0, 0.1) is 23.5 Å². The molecule has 2 fully saturated rings. The minimum Gasteiger partial charge on any atom is -0.363 e. The first kappa shape index (κ1) is 29.3. The average Bonchev–Trinajstić information content (AvgIpc) is 2.87. The minimum atomic E-state index is -0.972. The van der Waals surface area contributed by atoms with Crippen LogP contribution in [0.5, 0.6) is 0 Å².